The zero-order valence-corrected chi connectivity index (χ0v) is 35.1. The molecular weight excluding hydrogens is 733 g/mol. The molecule has 10 aromatic rings. The standard InChI is InChI=1S/C55H48N4O/c1-7-55(5,6)60-53-45(37-17-9-8-10-18-37)33-40(54(2,3)4)34-46(53)38-27-25-36(26-28-38)39-31-41(58-47-21-13-11-19-43(47)51-49(58)23-15-29-56-51)35-42(32-39)59-48-22-14-12-20-44(48)52-50(59)24-16-30-57-52/h8-35H,7H2,1-6H3. The van der Waals surface area contributed by atoms with Gasteiger partial charge in [0.1, 0.15) is 11.4 Å². The van der Waals surface area contributed by atoms with Gasteiger partial charge in [-0.3, -0.25) is 9.97 Å². The van der Waals surface area contributed by atoms with E-state index in [1.807, 2.05) is 24.5 Å². The van der Waals surface area contributed by atoms with Crippen molar-refractivity contribution in [3.05, 3.63) is 176 Å². The third-order valence-electron chi connectivity index (χ3n) is 12.1. The van der Waals surface area contributed by atoms with Crippen molar-refractivity contribution < 1.29 is 4.74 Å². The molecule has 4 heterocycles. The topological polar surface area (TPSA) is 44.9 Å². The Morgan fingerprint density at radius 3 is 1.45 bits per heavy atom. The van der Waals surface area contributed by atoms with Crippen LogP contribution in [-0.2, 0) is 5.41 Å². The highest BCUT2D eigenvalue weighted by molar-refractivity contribution is 6.08. The normalized spacial score (nSPS) is 12.2. The van der Waals surface area contributed by atoms with Crippen molar-refractivity contribution in [3.63, 3.8) is 0 Å². The van der Waals surface area contributed by atoms with Crippen LogP contribution in [0.5, 0.6) is 5.75 Å². The summed E-state index contributed by atoms with van der Waals surface area (Å²) in [6.07, 6.45) is 4.64. The first-order valence-corrected chi connectivity index (χ1v) is 21.0. The SMILES string of the molecule is CCC(C)(C)Oc1c(-c2ccccc2)cc(C(C)(C)C)cc1-c1ccc(-c2cc(-n3c4ccccc4c4ncccc43)cc(-n3c4ccccc4c4ncccc43)c2)cc1. The molecule has 294 valence electrons. The number of rotatable bonds is 8. The quantitative estimate of drug-likeness (QED) is 0.154. The van der Waals surface area contributed by atoms with Gasteiger partial charge < -0.3 is 13.9 Å². The maximum Gasteiger partial charge on any atom is 0.135 e. The van der Waals surface area contributed by atoms with Gasteiger partial charge in [0, 0.05) is 45.7 Å². The van der Waals surface area contributed by atoms with E-state index in [1.54, 1.807) is 0 Å². The summed E-state index contributed by atoms with van der Waals surface area (Å²) in [5.74, 6) is 0.915. The van der Waals surface area contributed by atoms with Crippen molar-refractivity contribution in [1.29, 1.82) is 0 Å². The molecule has 0 unspecified atom stereocenters. The van der Waals surface area contributed by atoms with E-state index in [-0.39, 0.29) is 11.0 Å². The van der Waals surface area contributed by atoms with E-state index in [9.17, 15) is 0 Å². The van der Waals surface area contributed by atoms with Crippen LogP contribution < -0.4 is 4.74 Å². The van der Waals surface area contributed by atoms with Gasteiger partial charge in [-0.2, -0.15) is 0 Å². The van der Waals surface area contributed by atoms with Gasteiger partial charge in [-0.15, -0.1) is 0 Å². The largest absolute Gasteiger partial charge is 0.487 e. The molecule has 6 aromatic carbocycles. The van der Waals surface area contributed by atoms with Crippen molar-refractivity contribution in [1.82, 2.24) is 19.1 Å². The van der Waals surface area contributed by atoms with E-state index in [4.69, 9.17) is 14.7 Å². The van der Waals surface area contributed by atoms with Crippen LogP contribution in [-0.4, -0.2) is 24.7 Å². The average molecular weight is 781 g/mol. The van der Waals surface area contributed by atoms with Crippen LogP contribution in [0.3, 0.4) is 0 Å². The van der Waals surface area contributed by atoms with Gasteiger partial charge in [0.25, 0.3) is 0 Å². The Labute approximate surface area is 351 Å². The van der Waals surface area contributed by atoms with Crippen LogP contribution in [0.2, 0.25) is 0 Å². The Hall–Kier alpha value is -6.98. The predicted octanol–water partition coefficient (Wildman–Crippen LogP) is 14.5. The molecule has 0 amide bonds. The molecule has 5 nitrogen and oxygen atoms in total. The van der Waals surface area contributed by atoms with Gasteiger partial charge in [-0.1, -0.05) is 119 Å². The monoisotopic (exact) mass is 780 g/mol. The third-order valence-corrected chi connectivity index (χ3v) is 12.1. The molecule has 0 bridgehead atoms. The number of fused-ring (bicyclic) bond motifs is 6. The number of aromatic nitrogens is 4. The van der Waals surface area contributed by atoms with Gasteiger partial charge in [-0.05, 0) is 120 Å². The Bertz CT molecular complexity index is 2980. The Morgan fingerprint density at radius 2 is 0.933 bits per heavy atom. The first kappa shape index (κ1) is 37.3. The van der Waals surface area contributed by atoms with Crippen LogP contribution in [0.15, 0.2) is 170 Å². The molecule has 0 aliphatic rings. The summed E-state index contributed by atoms with van der Waals surface area (Å²) in [6.45, 7) is 13.4. The van der Waals surface area contributed by atoms with Gasteiger partial charge in [0.15, 0.2) is 0 Å². The number of nitrogens with zero attached hydrogens (tertiary/aromatic N) is 4. The molecule has 60 heavy (non-hydrogen) atoms. The van der Waals surface area contributed by atoms with Crippen LogP contribution in [0, 0.1) is 0 Å². The molecule has 0 atom stereocenters. The molecule has 4 aromatic heterocycles. The molecule has 10 rings (SSSR count). The second-order valence-electron chi connectivity index (χ2n) is 17.5. The van der Waals surface area contributed by atoms with Crippen LogP contribution >= 0.6 is 0 Å². The molecule has 0 fully saturated rings. The molecule has 0 aliphatic carbocycles. The fraction of sp³-hybridized carbons (Fsp3) is 0.164. The predicted molar refractivity (Wildman–Crippen MR) is 251 cm³/mol. The minimum absolute atomic E-state index is 0.0709. The highest BCUT2D eigenvalue weighted by atomic mass is 16.5. The number of hydrogen-bond donors (Lipinski definition) is 0. The maximum atomic E-state index is 7.04. The summed E-state index contributed by atoms with van der Waals surface area (Å²) in [4.78, 5) is 9.73. The Morgan fingerprint density at radius 1 is 0.467 bits per heavy atom. The molecular formula is C55H48N4O. The van der Waals surface area contributed by atoms with Crippen molar-refractivity contribution in [2.75, 3.05) is 0 Å². The molecule has 0 radical (unpaired) electrons. The van der Waals surface area contributed by atoms with Crippen molar-refractivity contribution >= 4 is 43.9 Å². The lowest BCUT2D eigenvalue weighted by Crippen LogP contribution is -2.27. The van der Waals surface area contributed by atoms with E-state index in [0.717, 1.165) is 101 Å². The van der Waals surface area contributed by atoms with E-state index in [0.29, 0.717) is 0 Å². The Kier molecular flexibility index (Phi) is 8.94. The zero-order valence-electron chi connectivity index (χ0n) is 35.1. The van der Waals surface area contributed by atoms with Crippen LogP contribution in [0.25, 0.3) is 88.6 Å². The van der Waals surface area contributed by atoms with E-state index in [1.165, 1.54) is 5.56 Å². The first-order valence-electron chi connectivity index (χ1n) is 21.0. The zero-order chi connectivity index (χ0) is 41.2. The summed E-state index contributed by atoms with van der Waals surface area (Å²) < 4.78 is 11.8. The number of para-hydroxylation sites is 2. The molecule has 5 heteroatoms. The van der Waals surface area contributed by atoms with Gasteiger partial charge in [-0.25, -0.2) is 0 Å². The van der Waals surface area contributed by atoms with Gasteiger partial charge in [0.05, 0.1) is 33.1 Å². The van der Waals surface area contributed by atoms with Gasteiger partial charge >= 0.3 is 0 Å². The summed E-state index contributed by atoms with van der Waals surface area (Å²) in [6, 6.07) is 56.8. The highest BCUT2D eigenvalue weighted by Gasteiger charge is 2.26. The van der Waals surface area contributed by atoms with Crippen molar-refractivity contribution in [2.45, 2.75) is 59.0 Å². The Balaban J connectivity index is 1.20. The summed E-state index contributed by atoms with van der Waals surface area (Å²) in [5.41, 5.74) is 16.0. The third kappa shape index (κ3) is 6.42. The molecule has 0 saturated carbocycles. The lowest BCUT2D eigenvalue weighted by molar-refractivity contribution is 0.107. The summed E-state index contributed by atoms with van der Waals surface area (Å²) in [5, 5.41) is 2.25. The van der Waals surface area contributed by atoms with Crippen LogP contribution in [0.4, 0.5) is 0 Å². The minimum atomic E-state index is -0.358. The van der Waals surface area contributed by atoms with Gasteiger partial charge in [0.2, 0.25) is 0 Å². The second-order valence-corrected chi connectivity index (χ2v) is 17.5. The fourth-order valence-corrected chi connectivity index (χ4v) is 8.55. The lowest BCUT2D eigenvalue weighted by atomic mass is 9.82. The first-order chi connectivity index (χ1) is 29.1. The maximum absolute atomic E-state index is 7.04. The lowest BCUT2D eigenvalue weighted by Gasteiger charge is -2.30. The van der Waals surface area contributed by atoms with E-state index in [2.05, 4.69) is 196 Å². The molecule has 0 saturated heterocycles. The molecule has 0 aliphatic heterocycles. The van der Waals surface area contributed by atoms with E-state index >= 15 is 0 Å². The number of benzene rings is 6. The van der Waals surface area contributed by atoms with Crippen molar-refractivity contribution in [3.8, 4) is 50.5 Å². The fourth-order valence-electron chi connectivity index (χ4n) is 8.55. The van der Waals surface area contributed by atoms with Crippen LogP contribution in [0.1, 0.15) is 53.5 Å². The number of ether oxygens (including phenoxy) is 1. The highest BCUT2D eigenvalue weighted by Crippen LogP contribution is 2.45. The minimum Gasteiger partial charge on any atom is -0.487 e. The number of pyridine rings is 2. The molecule has 0 spiro atoms. The summed E-state index contributed by atoms with van der Waals surface area (Å²) >= 11 is 0. The smallest absolute Gasteiger partial charge is 0.135 e. The second kappa shape index (κ2) is 14.4. The summed E-state index contributed by atoms with van der Waals surface area (Å²) in [7, 11) is 0. The average Bonchev–Trinajstić information content (AvgIpc) is 3.79. The van der Waals surface area contributed by atoms with Crippen molar-refractivity contribution in [2.24, 2.45) is 0 Å². The molecule has 0 N–H and O–H groups in total. The van der Waals surface area contributed by atoms with E-state index < -0.39 is 0 Å². The number of hydrogen-bond acceptors (Lipinski definition) is 3.